The van der Waals surface area contributed by atoms with E-state index in [4.69, 9.17) is 27.2 Å². The third kappa shape index (κ3) is 4.56. The van der Waals surface area contributed by atoms with Crippen LogP contribution < -0.4 is 5.73 Å². The van der Waals surface area contributed by atoms with Crippen molar-refractivity contribution in [3.63, 3.8) is 0 Å². The normalized spacial score (nSPS) is 20.6. The molecule has 2 N–H and O–H groups in total. The second-order valence-corrected chi connectivity index (χ2v) is 11.1. The molecule has 1 saturated heterocycles. The van der Waals surface area contributed by atoms with Crippen molar-refractivity contribution in [3.05, 3.63) is 71.6 Å². The van der Waals surface area contributed by atoms with E-state index in [1.807, 2.05) is 18.2 Å². The standard InChI is InChI=1S/C30H32ClN7O/c31-25-4-2-1-3-22(25)18-37-12-11-20-17-21(5-10-26(20)37)28-27-29(32)33-19-34-30(27)38(35-28)24-8-6-23(7-9-24)36-13-15-39-16-14-36/h1-5,10-12,17,19,23-24H,6-9,13-16,18H2,(H2,32,33,34). The van der Waals surface area contributed by atoms with Gasteiger partial charge in [0.25, 0.3) is 0 Å². The maximum absolute atomic E-state index is 6.43. The Morgan fingerprint density at radius 2 is 1.74 bits per heavy atom. The molecule has 5 aromatic rings. The van der Waals surface area contributed by atoms with Gasteiger partial charge in [-0.15, -0.1) is 0 Å². The minimum atomic E-state index is 0.299. The average molecular weight is 542 g/mol. The largest absolute Gasteiger partial charge is 0.383 e. The van der Waals surface area contributed by atoms with E-state index < -0.39 is 0 Å². The Hall–Kier alpha value is -3.46. The number of benzene rings is 2. The quantitative estimate of drug-likeness (QED) is 0.314. The Morgan fingerprint density at radius 3 is 2.56 bits per heavy atom. The Kier molecular flexibility index (Phi) is 6.46. The van der Waals surface area contributed by atoms with Gasteiger partial charge in [-0.05, 0) is 55.5 Å². The van der Waals surface area contributed by atoms with Crippen molar-refractivity contribution in [2.45, 2.75) is 44.3 Å². The summed E-state index contributed by atoms with van der Waals surface area (Å²) in [6.45, 7) is 4.48. The van der Waals surface area contributed by atoms with Gasteiger partial charge in [0.05, 0.1) is 24.6 Å². The molecule has 2 fully saturated rings. The van der Waals surface area contributed by atoms with Crippen LogP contribution in [0.25, 0.3) is 33.2 Å². The van der Waals surface area contributed by atoms with Crippen LogP contribution in [0.15, 0.2) is 61.1 Å². The zero-order valence-corrected chi connectivity index (χ0v) is 22.6. The summed E-state index contributed by atoms with van der Waals surface area (Å²) in [5, 5.41) is 7.91. The lowest BCUT2D eigenvalue weighted by molar-refractivity contribution is 0.00520. The monoisotopic (exact) mass is 541 g/mol. The van der Waals surface area contributed by atoms with Crippen molar-refractivity contribution in [2.24, 2.45) is 0 Å². The van der Waals surface area contributed by atoms with E-state index >= 15 is 0 Å². The lowest BCUT2D eigenvalue weighted by atomic mass is 9.90. The number of nitrogen functional groups attached to an aromatic ring is 1. The maximum Gasteiger partial charge on any atom is 0.164 e. The highest BCUT2D eigenvalue weighted by atomic mass is 35.5. The molecular weight excluding hydrogens is 510 g/mol. The fourth-order valence-electron chi connectivity index (χ4n) is 6.36. The molecule has 3 aromatic heterocycles. The molecule has 39 heavy (non-hydrogen) atoms. The van der Waals surface area contributed by atoms with Gasteiger partial charge in [-0.2, -0.15) is 5.10 Å². The predicted octanol–water partition coefficient (Wildman–Crippen LogP) is 5.55. The van der Waals surface area contributed by atoms with E-state index in [2.05, 4.69) is 60.6 Å². The van der Waals surface area contributed by atoms with E-state index in [9.17, 15) is 0 Å². The van der Waals surface area contributed by atoms with Crippen molar-refractivity contribution in [1.29, 1.82) is 0 Å². The molecule has 8 nitrogen and oxygen atoms in total. The Bertz CT molecular complexity index is 1630. The fraction of sp³-hybridized carbons (Fsp3) is 0.367. The first-order valence-corrected chi connectivity index (χ1v) is 14.2. The topological polar surface area (TPSA) is 87.0 Å². The third-order valence-corrected chi connectivity index (χ3v) is 8.80. The highest BCUT2D eigenvalue weighted by molar-refractivity contribution is 6.31. The van der Waals surface area contributed by atoms with Crippen LogP contribution >= 0.6 is 11.6 Å². The summed E-state index contributed by atoms with van der Waals surface area (Å²) in [6.07, 6.45) is 8.13. The van der Waals surface area contributed by atoms with Crippen LogP contribution in [0.1, 0.15) is 37.3 Å². The number of nitrogens with zero attached hydrogens (tertiary/aromatic N) is 6. The summed E-state index contributed by atoms with van der Waals surface area (Å²) in [6, 6.07) is 17.5. The number of halogens is 1. The Balaban J connectivity index is 1.20. The molecule has 0 radical (unpaired) electrons. The number of hydrogen-bond acceptors (Lipinski definition) is 6. The average Bonchev–Trinajstić information content (AvgIpc) is 3.57. The Morgan fingerprint density at radius 1 is 0.949 bits per heavy atom. The van der Waals surface area contributed by atoms with Gasteiger partial charge in [0.1, 0.15) is 17.8 Å². The van der Waals surface area contributed by atoms with Crippen LogP contribution in [-0.4, -0.2) is 61.6 Å². The van der Waals surface area contributed by atoms with Crippen LogP contribution in [0.4, 0.5) is 5.82 Å². The smallest absolute Gasteiger partial charge is 0.164 e. The fourth-order valence-corrected chi connectivity index (χ4v) is 6.55. The molecule has 1 aliphatic carbocycles. The predicted molar refractivity (Wildman–Crippen MR) is 155 cm³/mol. The summed E-state index contributed by atoms with van der Waals surface area (Å²) < 4.78 is 9.90. The van der Waals surface area contributed by atoms with Crippen LogP contribution in [-0.2, 0) is 11.3 Å². The van der Waals surface area contributed by atoms with Gasteiger partial charge in [0.15, 0.2) is 5.65 Å². The molecule has 7 rings (SSSR count). The van der Waals surface area contributed by atoms with Crippen molar-refractivity contribution >= 4 is 39.4 Å². The molecule has 2 aliphatic rings. The molecule has 9 heteroatoms. The molecule has 0 unspecified atom stereocenters. The molecule has 2 aromatic carbocycles. The minimum Gasteiger partial charge on any atom is -0.383 e. The second-order valence-electron chi connectivity index (χ2n) is 10.7. The van der Waals surface area contributed by atoms with Crippen LogP contribution in [0, 0.1) is 0 Å². The minimum absolute atomic E-state index is 0.299. The lowest BCUT2D eigenvalue weighted by Crippen LogP contribution is -2.45. The summed E-state index contributed by atoms with van der Waals surface area (Å²) in [5.74, 6) is 0.472. The third-order valence-electron chi connectivity index (χ3n) is 8.44. The van der Waals surface area contributed by atoms with Crippen LogP contribution in [0.5, 0.6) is 0 Å². The maximum atomic E-state index is 6.43. The summed E-state index contributed by atoms with van der Waals surface area (Å²) >= 11 is 6.43. The summed E-state index contributed by atoms with van der Waals surface area (Å²) in [5.41, 5.74) is 11.4. The molecule has 200 valence electrons. The van der Waals surface area contributed by atoms with E-state index in [1.54, 1.807) is 6.33 Å². The van der Waals surface area contributed by atoms with E-state index in [-0.39, 0.29) is 0 Å². The number of hydrogen-bond donors (Lipinski definition) is 1. The molecule has 0 atom stereocenters. The van der Waals surface area contributed by atoms with Gasteiger partial charge in [-0.1, -0.05) is 35.9 Å². The number of nitrogens with two attached hydrogens (primary N) is 1. The van der Waals surface area contributed by atoms with E-state index in [1.165, 1.54) is 0 Å². The summed E-state index contributed by atoms with van der Waals surface area (Å²) in [4.78, 5) is 11.6. The molecule has 0 amide bonds. The number of morpholine rings is 1. The lowest BCUT2D eigenvalue weighted by Gasteiger charge is -2.38. The summed E-state index contributed by atoms with van der Waals surface area (Å²) in [7, 11) is 0. The molecule has 1 aliphatic heterocycles. The van der Waals surface area contributed by atoms with Gasteiger partial charge in [-0.25, -0.2) is 14.6 Å². The van der Waals surface area contributed by atoms with Crippen molar-refractivity contribution in [1.82, 2.24) is 29.2 Å². The van der Waals surface area contributed by atoms with E-state index in [0.29, 0.717) is 24.4 Å². The highest BCUT2D eigenvalue weighted by Gasteiger charge is 2.30. The molecule has 1 saturated carbocycles. The van der Waals surface area contributed by atoms with Crippen LogP contribution in [0.2, 0.25) is 5.02 Å². The van der Waals surface area contributed by atoms with Gasteiger partial charge < -0.3 is 15.0 Å². The molecule has 0 bridgehead atoms. The Labute approximate surface area is 232 Å². The molecular formula is C30H32ClN7O. The molecule has 4 heterocycles. The number of aromatic nitrogens is 5. The van der Waals surface area contributed by atoms with Gasteiger partial charge in [0.2, 0.25) is 0 Å². The zero-order valence-electron chi connectivity index (χ0n) is 21.8. The number of anilines is 1. The van der Waals surface area contributed by atoms with E-state index in [0.717, 1.165) is 95.8 Å². The van der Waals surface area contributed by atoms with Crippen molar-refractivity contribution < 1.29 is 4.74 Å². The molecule has 0 spiro atoms. The van der Waals surface area contributed by atoms with Gasteiger partial charge >= 0.3 is 0 Å². The first-order chi connectivity index (χ1) is 19.2. The zero-order chi connectivity index (χ0) is 26.3. The first kappa shape index (κ1) is 24.6. The van der Waals surface area contributed by atoms with Gasteiger partial charge in [0, 0.05) is 53.4 Å². The number of fused-ring (bicyclic) bond motifs is 2. The van der Waals surface area contributed by atoms with Crippen LogP contribution in [0.3, 0.4) is 0 Å². The first-order valence-electron chi connectivity index (χ1n) is 13.8. The number of rotatable bonds is 5. The SMILES string of the molecule is Nc1ncnc2c1c(-c1ccc3c(ccn3Cc3ccccc3Cl)c1)nn2C1CCC(N2CCOCC2)CC1. The second kappa shape index (κ2) is 10.3. The van der Waals surface area contributed by atoms with Crippen molar-refractivity contribution in [2.75, 3.05) is 32.0 Å². The van der Waals surface area contributed by atoms with Gasteiger partial charge in [-0.3, -0.25) is 4.90 Å². The number of ether oxygens (including phenoxy) is 1. The highest BCUT2D eigenvalue weighted by Crippen LogP contribution is 2.38. The van der Waals surface area contributed by atoms with Crippen molar-refractivity contribution in [3.8, 4) is 11.3 Å².